The molecule has 0 aromatic carbocycles. The van der Waals surface area contributed by atoms with E-state index in [0.29, 0.717) is 0 Å². The summed E-state index contributed by atoms with van der Waals surface area (Å²) in [4.78, 5) is 21.5. The number of halogens is 1. The van der Waals surface area contributed by atoms with Gasteiger partial charge in [0.1, 0.15) is 5.78 Å². The molecule has 0 fully saturated rings. The van der Waals surface area contributed by atoms with E-state index in [1.165, 1.54) is 6.92 Å². The zero-order valence-electron chi connectivity index (χ0n) is 8.39. The SMILES string of the molecule is CC(=O)CC(C)(F)OC(=O)C(C)C. The number of ketones is 1. The van der Waals surface area contributed by atoms with Crippen LogP contribution in [0.5, 0.6) is 0 Å². The van der Waals surface area contributed by atoms with Gasteiger partial charge in [0, 0.05) is 6.92 Å². The quantitative estimate of drug-likeness (QED) is 0.635. The molecule has 0 aromatic heterocycles. The molecule has 0 heterocycles. The minimum absolute atomic E-state index is 0.346. The first-order valence-electron chi connectivity index (χ1n) is 4.16. The lowest BCUT2D eigenvalue weighted by Crippen LogP contribution is -2.30. The zero-order chi connectivity index (χ0) is 10.6. The first-order valence-corrected chi connectivity index (χ1v) is 4.16. The predicted octanol–water partition coefficient (Wildman–Crippen LogP) is 1.85. The van der Waals surface area contributed by atoms with Crippen LogP contribution < -0.4 is 0 Å². The number of rotatable bonds is 4. The molecule has 76 valence electrons. The topological polar surface area (TPSA) is 43.4 Å². The average Bonchev–Trinajstić information content (AvgIpc) is 1.81. The van der Waals surface area contributed by atoms with E-state index in [-0.39, 0.29) is 11.7 Å². The predicted molar refractivity (Wildman–Crippen MR) is 45.7 cm³/mol. The van der Waals surface area contributed by atoms with Gasteiger partial charge in [-0.25, -0.2) is 0 Å². The number of hydrogen-bond acceptors (Lipinski definition) is 3. The third-order valence-electron chi connectivity index (χ3n) is 1.35. The van der Waals surface area contributed by atoms with Crippen molar-refractivity contribution in [3.63, 3.8) is 0 Å². The van der Waals surface area contributed by atoms with Crippen molar-refractivity contribution in [1.29, 1.82) is 0 Å². The molecule has 0 N–H and O–H groups in total. The number of Topliss-reactive ketones (excluding diaryl/α,β-unsaturated/α-hetero) is 1. The lowest BCUT2D eigenvalue weighted by Gasteiger charge is -2.20. The van der Waals surface area contributed by atoms with Crippen LogP contribution in [-0.4, -0.2) is 17.6 Å². The number of alkyl halides is 1. The third kappa shape index (κ3) is 5.33. The first-order chi connectivity index (χ1) is 5.74. The maximum absolute atomic E-state index is 13.3. The van der Waals surface area contributed by atoms with E-state index in [1.807, 2.05) is 0 Å². The zero-order valence-corrected chi connectivity index (χ0v) is 8.39. The van der Waals surface area contributed by atoms with Crippen LogP contribution in [0.15, 0.2) is 0 Å². The fourth-order valence-electron chi connectivity index (χ4n) is 0.808. The van der Waals surface area contributed by atoms with E-state index in [1.54, 1.807) is 13.8 Å². The van der Waals surface area contributed by atoms with E-state index in [2.05, 4.69) is 4.74 Å². The highest BCUT2D eigenvalue weighted by Crippen LogP contribution is 2.19. The molecular weight excluding hydrogens is 175 g/mol. The van der Waals surface area contributed by atoms with Crippen molar-refractivity contribution in [1.82, 2.24) is 0 Å². The molecule has 4 heteroatoms. The molecule has 0 aromatic rings. The van der Waals surface area contributed by atoms with Crippen LogP contribution in [0.3, 0.4) is 0 Å². The fraction of sp³-hybridized carbons (Fsp3) is 0.778. The van der Waals surface area contributed by atoms with Crippen molar-refractivity contribution in [3.8, 4) is 0 Å². The Morgan fingerprint density at radius 3 is 2.23 bits per heavy atom. The summed E-state index contributed by atoms with van der Waals surface area (Å²) in [6, 6.07) is 0. The van der Waals surface area contributed by atoms with Crippen molar-refractivity contribution < 1.29 is 18.7 Å². The lowest BCUT2D eigenvalue weighted by atomic mass is 10.2. The van der Waals surface area contributed by atoms with Crippen LogP contribution in [0, 0.1) is 5.92 Å². The monoisotopic (exact) mass is 190 g/mol. The molecule has 1 unspecified atom stereocenters. The van der Waals surface area contributed by atoms with Crippen LogP contribution in [0.25, 0.3) is 0 Å². The van der Waals surface area contributed by atoms with Gasteiger partial charge in [-0.15, -0.1) is 0 Å². The maximum Gasteiger partial charge on any atom is 0.311 e. The molecule has 0 rings (SSSR count). The Morgan fingerprint density at radius 1 is 1.46 bits per heavy atom. The summed E-state index contributed by atoms with van der Waals surface area (Å²) in [7, 11) is 0. The van der Waals surface area contributed by atoms with Gasteiger partial charge in [-0.2, -0.15) is 4.39 Å². The van der Waals surface area contributed by atoms with Crippen LogP contribution >= 0.6 is 0 Å². The second-order valence-corrected chi connectivity index (χ2v) is 3.56. The highest BCUT2D eigenvalue weighted by Gasteiger charge is 2.30. The first kappa shape index (κ1) is 12.1. The third-order valence-corrected chi connectivity index (χ3v) is 1.35. The van der Waals surface area contributed by atoms with E-state index in [0.717, 1.165) is 6.92 Å². The Kier molecular flexibility index (Phi) is 4.04. The van der Waals surface area contributed by atoms with Crippen molar-refractivity contribution in [2.24, 2.45) is 5.92 Å². The number of hydrogen-bond donors (Lipinski definition) is 0. The summed E-state index contributed by atoms with van der Waals surface area (Å²) < 4.78 is 17.8. The molecule has 0 aliphatic heterocycles. The Hall–Kier alpha value is -0.930. The number of ether oxygens (including phenoxy) is 1. The van der Waals surface area contributed by atoms with Gasteiger partial charge in [-0.1, -0.05) is 13.8 Å². The van der Waals surface area contributed by atoms with E-state index >= 15 is 0 Å². The molecule has 0 bridgehead atoms. The van der Waals surface area contributed by atoms with E-state index < -0.39 is 18.2 Å². The highest BCUT2D eigenvalue weighted by molar-refractivity contribution is 5.77. The number of carbonyl (C=O) groups excluding carboxylic acids is 2. The molecule has 0 saturated heterocycles. The molecule has 0 saturated carbocycles. The van der Waals surface area contributed by atoms with Crippen LogP contribution in [0.2, 0.25) is 0 Å². The van der Waals surface area contributed by atoms with Gasteiger partial charge in [-0.05, 0) is 6.92 Å². The summed E-state index contributed by atoms with van der Waals surface area (Å²) in [5, 5.41) is 0. The van der Waals surface area contributed by atoms with Crippen LogP contribution in [-0.2, 0) is 14.3 Å². The van der Waals surface area contributed by atoms with Crippen molar-refractivity contribution in [2.45, 2.75) is 40.0 Å². The van der Waals surface area contributed by atoms with Crippen molar-refractivity contribution >= 4 is 11.8 Å². The van der Waals surface area contributed by atoms with Gasteiger partial charge in [0.2, 0.25) is 0 Å². The summed E-state index contributed by atoms with van der Waals surface area (Å²) in [5.74, 6) is -3.54. The van der Waals surface area contributed by atoms with E-state index in [9.17, 15) is 14.0 Å². The molecule has 0 aliphatic rings. The molecule has 1 atom stereocenters. The Labute approximate surface area is 77.3 Å². The standard InChI is InChI=1S/C9H15FO3/c1-6(2)8(12)13-9(4,10)5-7(3)11/h6H,5H2,1-4H3. The Morgan fingerprint density at radius 2 is 1.92 bits per heavy atom. The summed E-state index contributed by atoms with van der Waals surface area (Å²) in [6.07, 6.45) is -0.397. The van der Waals surface area contributed by atoms with Gasteiger partial charge < -0.3 is 4.74 Å². The van der Waals surface area contributed by atoms with Gasteiger partial charge in [0.15, 0.2) is 0 Å². The Bertz CT molecular complexity index is 209. The van der Waals surface area contributed by atoms with Gasteiger partial charge in [0.25, 0.3) is 5.85 Å². The van der Waals surface area contributed by atoms with Gasteiger partial charge >= 0.3 is 5.97 Å². The summed E-state index contributed by atoms with van der Waals surface area (Å²) in [5.41, 5.74) is 0. The van der Waals surface area contributed by atoms with Crippen molar-refractivity contribution in [2.75, 3.05) is 0 Å². The summed E-state index contributed by atoms with van der Waals surface area (Å²) in [6.45, 7) is 5.54. The number of esters is 1. The van der Waals surface area contributed by atoms with Crippen molar-refractivity contribution in [3.05, 3.63) is 0 Å². The van der Waals surface area contributed by atoms with Gasteiger partial charge in [-0.3, -0.25) is 9.59 Å². The molecule has 13 heavy (non-hydrogen) atoms. The smallest absolute Gasteiger partial charge is 0.311 e. The Balaban J connectivity index is 4.16. The molecule has 0 aliphatic carbocycles. The molecule has 0 radical (unpaired) electrons. The van der Waals surface area contributed by atoms with E-state index in [4.69, 9.17) is 0 Å². The average molecular weight is 190 g/mol. The molecule has 0 spiro atoms. The lowest BCUT2D eigenvalue weighted by molar-refractivity contribution is -0.183. The van der Waals surface area contributed by atoms with Crippen LogP contribution in [0.4, 0.5) is 4.39 Å². The number of carbonyl (C=O) groups is 2. The summed E-state index contributed by atoms with van der Waals surface area (Å²) >= 11 is 0. The minimum Gasteiger partial charge on any atom is -0.428 e. The molecule has 0 amide bonds. The molecule has 3 nitrogen and oxygen atoms in total. The largest absolute Gasteiger partial charge is 0.428 e. The second kappa shape index (κ2) is 4.35. The normalized spacial score (nSPS) is 15.2. The van der Waals surface area contributed by atoms with Crippen LogP contribution in [0.1, 0.15) is 34.1 Å². The fourth-order valence-corrected chi connectivity index (χ4v) is 0.808. The van der Waals surface area contributed by atoms with Gasteiger partial charge in [0.05, 0.1) is 12.3 Å². The second-order valence-electron chi connectivity index (χ2n) is 3.56. The maximum atomic E-state index is 13.3. The minimum atomic E-state index is -2.17. The molecular formula is C9H15FO3. The highest BCUT2D eigenvalue weighted by atomic mass is 19.2.